The molecule has 0 spiro atoms. The van der Waals surface area contributed by atoms with Gasteiger partial charge in [0.05, 0.1) is 7.11 Å². The standard InChI is InChI=1S/C23H17N3O3S/c1-13-8-9-15(22-26-16-6-4-10-24-23(16)30-22)11-17(13)25-21(27)19-12-14-5-3-7-18(28-2)20(14)29-19/h3-12H,1-2H3,(H,25,27). The van der Waals surface area contributed by atoms with Crippen LogP contribution in [0.2, 0.25) is 0 Å². The lowest BCUT2D eigenvalue weighted by Gasteiger charge is -2.08. The molecule has 5 rings (SSSR count). The van der Waals surface area contributed by atoms with Crippen LogP contribution in [0.4, 0.5) is 5.69 Å². The second-order valence-corrected chi connectivity index (χ2v) is 7.80. The van der Waals surface area contributed by atoms with E-state index in [0.29, 0.717) is 17.0 Å². The lowest BCUT2D eigenvalue weighted by atomic mass is 10.1. The molecular weight excluding hydrogens is 398 g/mol. The monoisotopic (exact) mass is 415 g/mol. The van der Waals surface area contributed by atoms with Crippen LogP contribution in [0.15, 0.2) is 65.2 Å². The number of amides is 1. The van der Waals surface area contributed by atoms with Crippen LogP contribution < -0.4 is 10.1 Å². The number of anilines is 1. The third kappa shape index (κ3) is 3.19. The van der Waals surface area contributed by atoms with Gasteiger partial charge in [0.25, 0.3) is 5.91 Å². The van der Waals surface area contributed by atoms with E-state index in [2.05, 4.69) is 15.3 Å². The van der Waals surface area contributed by atoms with E-state index in [1.807, 2.05) is 49.4 Å². The van der Waals surface area contributed by atoms with Crippen LogP contribution in [0.25, 0.3) is 31.9 Å². The highest BCUT2D eigenvalue weighted by Crippen LogP contribution is 2.32. The molecule has 0 atom stereocenters. The molecule has 1 amide bonds. The van der Waals surface area contributed by atoms with Crippen molar-refractivity contribution in [2.75, 3.05) is 12.4 Å². The zero-order valence-electron chi connectivity index (χ0n) is 16.3. The number of methoxy groups -OCH3 is 1. The Morgan fingerprint density at radius 1 is 1.13 bits per heavy atom. The largest absolute Gasteiger partial charge is 0.493 e. The number of nitrogens with one attached hydrogen (secondary N) is 1. The summed E-state index contributed by atoms with van der Waals surface area (Å²) in [7, 11) is 1.57. The summed E-state index contributed by atoms with van der Waals surface area (Å²) < 4.78 is 11.1. The van der Waals surface area contributed by atoms with E-state index >= 15 is 0 Å². The van der Waals surface area contributed by atoms with Crippen LogP contribution >= 0.6 is 11.3 Å². The van der Waals surface area contributed by atoms with Crippen LogP contribution in [-0.2, 0) is 0 Å². The lowest BCUT2D eigenvalue weighted by Crippen LogP contribution is -2.11. The molecule has 0 unspecified atom stereocenters. The summed E-state index contributed by atoms with van der Waals surface area (Å²) >= 11 is 1.52. The number of benzene rings is 2. The molecule has 148 valence electrons. The van der Waals surface area contributed by atoms with Gasteiger partial charge >= 0.3 is 0 Å². The normalized spacial score (nSPS) is 11.1. The highest BCUT2D eigenvalue weighted by molar-refractivity contribution is 7.21. The topological polar surface area (TPSA) is 77.2 Å². The third-order valence-corrected chi connectivity index (χ3v) is 5.88. The summed E-state index contributed by atoms with van der Waals surface area (Å²) in [5.74, 6) is 0.497. The minimum absolute atomic E-state index is 0.225. The van der Waals surface area contributed by atoms with E-state index in [4.69, 9.17) is 9.15 Å². The Hall–Kier alpha value is -3.71. The first kappa shape index (κ1) is 18.3. The molecule has 2 aromatic carbocycles. The Bertz CT molecular complexity index is 1370. The van der Waals surface area contributed by atoms with E-state index in [1.165, 1.54) is 11.3 Å². The zero-order chi connectivity index (χ0) is 20.7. The summed E-state index contributed by atoms with van der Waals surface area (Å²) in [4.78, 5) is 22.7. The highest BCUT2D eigenvalue weighted by Gasteiger charge is 2.16. The summed E-state index contributed by atoms with van der Waals surface area (Å²) in [5.41, 5.74) is 3.99. The minimum atomic E-state index is -0.320. The number of fused-ring (bicyclic) bond motifs is 2. The molecule has 0 radical (unpaired) electrons. The van der Waals surface area contributed by atoms with E-state index in [0.717, 1.165) is 31.9 Å². The van der Waals surface area contributed by atoms with Gasteiger partial charge in [-0.1, -0.05) is 35.6 Å². The van der Waals surface area contributed by atoms with Crippen molar-refractivity contribution in [3.63, 3.8) is 0 Å². The van der Waals surface area contributed by atoms with Gasteiger partial charge < -0.3 is 14.5 Å². The fraction of sp³-hybridized carbons (Fsp3) is 0.0870. The molecule has 30 heavy (non-hydrogen) atoms. The smallest absolute Gasteiger partial charge is 0.291 e. The number of thiazole rings is 1. The van der Waals surface area contributed by atoms with Crippen molar-refractivity contribution >= 4 is 44.2 Å². The number of ether oxygens (including phenoxy) is 1. The predicted octanol–water partition coefficient (Wildman–Crippen LogP) is 5.67. The van der Waals surface area contributed by atoms with Crippen LogP contribution in [0.5, 0.6) is 5.75 Å². The van der Waals surface area contributed by atoms with Gasteiger partial charge in [-0.05, 0) is 42.8 Å². The van der Waals surface area contributed by atoms with E-state index in [1.54, 1.807) is 25.4 Å². The number of furan rings is 1. The first-order valence-corrected chi connectivity index (χ1v) is 10.1. The lowest BCUT2D eigenvalue weighted by molar-refractivity contribution is 0.0998. The number of aromatic nitrogens is 2. The summed E-state index contributed by atoms with van der Waals surface area (Å²) in [5, 5.41) is 4.62. The Morgan fingerprint density at radius 3 is 2.87 bits per heavy atom. The van der Waals surface area contributed by atoms with Crippen molar-refractivity contribution in [2.24, 2.45) is 0 Å². The van der Waals surface area contributed by atoms with Crippen LogP contribution in [0.3, 0.4) is 0 Å². The summed E-state index contributed by atoms with van der Waals surface area (Å²) in [6, 6.07) is 16.9. The molecule has 0 aliphatic rings. The Labute approximate surface area is 176 Å². The minimum Gasteiger partial charge on any atom is -0.493 e. The number of rotatable bonds is 4. The van der Waals surface area contributed by atoms with Crippen molar-refractivity contribution in [1.29, 1.82) is 0 Å². The summed E-state index contributed by atoms with van der Waals surface area (Å²) in [6.07, 6.45) is 1.76. The molecule has 0 saturated heterocycles. The summed E-state index contributed by atoms with van der Waals surface area (Å²) in [6.45, 7) is 1.95. The van der Waals surface area contributed by atoms with Gasteiger partial charge in [-0.15, -0.1) is 0 Å². The first-order chi connectivity index (χ1) is 14.6. The second-order valence-electron chi connectivity index (χ2n) is 6.82. The molecule has 0 aliphatic heterocycles. The number of hydrogen-bond donors (Lipinski definition) is 1. The maximum Gasteiger partial charge on any atom is 0.291 e. The van der Waals surface area contributed by atoms with E-state index in [-0.39, 0.29) is 11.7 Å². The van der Waals surface area contributed by atoms with Gasteiger partial charge in [0.1, 0.15) is 15.4 Å². The highest BCUT2D eigenvalue weighted by atomic mass is 32.1. The van der Waals surface area contributed by atoms with Gasteiger partial charge in [-0.2, -0.15) is 0 Å². The molecule has 0 bridgehead atoms. The number of pyridine rings is 1. The van der Waals surface area contributed by atoms with Crippen molar-refractivity contribution in [3.05, 3.63) is 72.1 Å². The fourth-order valence-corrected chi connectivity index (χ4v) is 4.18. The molecule has 6 nitrogen and oxygen atoms in total. The van der Waals surface area contributed by atoms with Gasteiger partial charge in [0.2, 0.25) is 0 Å². The third-order valence-electron chi connectivity index (χ3n) is 4.85. The molecule has 1 N–H and O–H groups in total. The van der Waals surface area contributed by atoms with E-state index in [9.17, 15) is 4.79 Å². The molecule has 0 aliphatic carbocycles. The van der Waals surface area contributed by atoms with Crippen LogP contribution in [0, 0.1) is 6.92 Å². The average molecular weight is 415 g/mol. The number of hydrogen-bond acceptors (Lipinski definition) is 6. The Morgan fingerprint density at radius 2 is 2.03 bits per heavy atom. The van der Waals surface area contributed by atoms with Crippen molar-refractivity contribution in [1.82, 2.24) is 9.97 Å². The van der Waals surface area contributed by atoms with Crippen LogP contribution in [-0.4, -0.2) is 23.0 Å². The number of para-hydroxylation sites is 1. The fourth-order valence-electron chi connectivity index (χ4n) is 3.28. The maximum atomic E-state index is 12.9. The van der Waals surface area contributed by atoms with E-state index < -0.39 is 0 Å². The van der Waals surface area contributed by atoms with Gasteiger partial charge in [0, 0.05) is 22.8 Å². The number of carbonyl (C=O) groups excluding carboxylic acids is 1. The Kier molecular flexibility index (Phi) is 4.44. The van der Waals surface area contributed by atoms with Crippen molar-refractivity contribution in [3.8, 4) is 16.3 Å². The quantitative estimate of drug-likeness (QED) is 0.409. The number of carbonyl (C=O) groups is 1. The molecule has 0 saturated carbocycles. The first-order valence-electron chi connectivity index (χ1n) is 9.33. The van der Waals surface area contributed by atoms with Crippen molar-refractivity contribution < 1.29 is 13.9 Å². The van der Waals surface area contributed by atoms with Gasteiger partial charge in [0.15, 0.2) is 17.1 Å². The SMILES string of the molecule is COc1cccc2cc(C(=O)Nc3cc(-c4nc5cccnc5s4)ccc3C)oc12. The second kappa shape index (κ2) is 7.27. The molecule has 3 aromatic heterocycles. The molecule has 7 heteroatoms. The van der Waals surface area contributed by atoms with Gasteiger partial charge in [-0.25, -0.2) is 9.97 Å². The molecule has 5 aromatic rings. The van der Waals surface area contributed by atoms with Crippen LogP contribution in [0.1, 0.15) is 16.1 Å². The molecule has 0 fully saturated rings. The molecule has 3 heterocycles. The zero-order valence-corrected chi connectivity index (χ0v) is 17.1. The number of aryl methyl sites for hydroxylation is 1. The predicted molar refractivity (Wildman–Crippen MR) is 118 cm³/mol. The maximum absolute atomic E-state index is 12.9. The number of nitrogens with zero attached hydrogens (tertiary/aromatic N) is 2. The Balaban J connectivity index is 1.47. The van der Waals surface area contributed by atoms with Crippen molar-refractivity contribution in [2.45, 2.75) is 6.92 Å². The average Bonchev–Trinajstić information content (AvgIpc) is 3.39. The molecular formula is C23H17N3O3S. The van der Waals surface area contributed by atoms with Gasteiger partial charge in [-0.3, -0.25) is 4.79 Å².